The number of hydrogen-bond acceptors (Lipinski definition) is 3. The van der Waals surface area contributed by atoms with Crippen molar-refractivity contribution in [2.45, 2.75) is 45.2 Å². The molecule has 1 saturated heterocycles. The average molecular weight is 228 g/mol. The number of nitrogens with zero attached hydrogens (tertiary/aromatic N) is 1. The van der Waals surface area contributed by atoms with Gasteiger partial charge in [0.25, 0.3) is 0 Å². The fraction of sp³-hybridized carbons (Fsp3) is 0.818. The minimum atomic E-state index is -0.776. The van der Waals surface area contributed by atoms with Crippen LogP contribution in [0.5, 0.6) is 0 Å². The molecule has 0 aliphatic carbocycles. The molecular formula is C11H20N2O3. The molecule has 1 aliphatic rings. The first-order valence-corrected chi connectivity index (χ1v) is 5.77. The van der Waals surface area contributed by atoms with Gasteiger partial charge in [0.05, 0.1) is 0 Å². The van der Waals surface area contributed by atoms with Crippen LogP contribution in [-0.2, 0) is 9.59 Å². The molecular weight excluding hydrogens is 208 g/mol. The Labute approximate surface area is 95.8 Å². The molecule has 2 N–H and O–H groups in total. The van der Waals surface area contributed by atoms with Gasteiger partial charge in [-0.25, -0.2) is 0 Å². The Balaban J connectivity index is 2.31. The van der Waals surface area contributed by atoms with Crippen LogP contribution in [0.25, 0.3) is 0 Å². The van der Waals surface area contributed by atoms with Crippen molar-refractivity contribution in [2.75, 3.05) is 13.1 Å². The predicted octanol–water partition coefficient (Wildman–Crippen LogP) is 0.450. The van der Waals surface area contributed by atoms with Crippen molar-refractivity contribution in [3.05, 3.63) is 0 Å². The van der Waals surface area contributed by atoms with Gasteiger partial charge in [-0.3, -0.25) is 14.5 Å². The molecule has 0 spiro atoms. The van der Waals surface area contributed by atoms with E-state index in [-0.39, 0.29) is 11.9 Å². The molecule has 1 rings (SSSR count). The van der Waals surface area contributed by atoms with E-state index in [9.17, 15) is 9.59 Å². The van der Waals surface area contributed by atoms with E-state index >= 15 is 0 Å². The fourth-order valence-electron chi connectivity index (χ4n) is 2.01. The van der Waals surface area contributed by atoms with Gasteiger partial charge >= 0.3 is 5.97 Å². The lowest BCUT2D eigenvalue weighted by Crippen LogP contribution is -2.39. The van der Waals surface area contributed by atoms with E-state index in [1.807, 2.05) is 18.7 Å². The zero-order chi connectivity index (χ0) is 12.1. The van der Waals surface area contributed by atoms with Crippen molar-refractivity contribution in [3.63, 3.8) is 0 Å². The standard InChI is InChI=1S/C11H20N2O3/c1-8(2)12-10(14)5-7-13-6-3-4-9(13)11(15)16/h8-9H,3-7H2,1-2H3,(H,12,14)(H,15,16). The molecule has 92 valence electrons. The largest absolute Gasteiger partial charge is 0.480 e. The first kappa shape index (κ1) is 13.0. The smallest absolute Gasteiger partial charge is 0.320 e. The van der Waals surface area contributed by atoms with Crippen LogP contribution in [0, 0.1) is 0 Å². The minimum absolute atomic E-state index is 0.00830. The number of amides is 1. The summed E-state index contributed by atoms with van der Waals surface area (Å²) in [6.07, 6.45) is 1.98. The summed E-state index contributed by atoms with van der Waals surface area (Å²) in [6, 6.07) is -0.256. The predicted molar refractivity (Wildman–Crippen MR) is 60.1 cm³/mol. The second-order valence-corrected chi connectivity index (χ2v) is 4.50. The van der Waals surface area contributed by atoms with E-state index in [2.05, 4.69) is 5.32 Å². The van der Waals surface area contributed by atoms with E-state index in [0.29, 0.717) is 19.4 Å². The molecule has 5 nitrogen and oxygen atoms in total. The van der Waals surface area contributed by atoms with Gasteiger partial charge in [0.1, 0.15) is 6.04 Å². The number of nitrogens with one attached hydrogen (secondary N) is 1. The Morgan fingerprint density at radius 2 is 2.19 bits per heavy atom. The summed E-state index contributed by atoms with van der Waals surface area (Å²) < 4.78 is 0. The van der Waals surface area contributed by atoms with Gasteiger partial charge in [0.2, 0.25) is 5.91 Å². The van der Waals surface area contributed by atoms with Crippen LogP contribution >= 0.6 is 0 Å². The van der Waals surface area contributed by atoms with E-state index in [4.69, 9.17) is 5.11 Å². The summed E-state index contributed by atoms with van der Waals surface area (Å²) in [5.74, 6) is -0.784. The van der Waals surface area contributed by atoms with Crippen molar-refractivity contribution >= 4 is 11.9 Å². The second-order valence-electron chi connectivity index (χ2n) is 4.50. The number of aliphatic carboxylic acids is 1. The number of carboxylic acids is 1. The van der Waals surface area contributed by atoms with Gasteiger partial charge < -0.3 is 10.4 Å². The number of rotatable bonds is 5. The topological polar surface area (TPSA) is 69.6 Å². The van der Waals surface area contributed by atoms with Crippen molar-refractivity contribution in [1.29, 1.82) is 0 Å². The maximum Gasteiger partial charge on any atom is 0.320 e. The van der Waals surface area contributed by atoms with Gasteiger partial charge in [0.15, 0.2) is 0 Å². The zero-order valence-electron chi connectivity index (χ0n) is 9.90. The highest BCUT2D eigenvalue weighted by Gasteiger charge is 2.30. The third kappa shape index (κ3) is 3.81. The molecule has 0 radical (unpaired) electrons. The maximum absolute atomic E-state index is 11.4. The number of likely N-dealkylation sites (tertiary alicyclic amines) is 1. The average Bonchev–Trinajstić information content (AvgIpc) is 2.61. The molecule has 0 aromatic carbocycles. The number of hydrogen-bond donors (Lipinski definition) is 2. The van der Waals surface area contributed by atoms with E-state index in [1.54, 1.807) is 0 Å². The molecule has 1 atom stereocenters. The van der Waals surface area contributed by atoms with Crippen molar-refractivity contribution in [2.24, 2.45) is 0 Å². The summed E-state index contributed by atoms with van der Waals surface area (Å²) in [5, 5.41) is 11.7. The Bertz CT molecular complexity index is 266. The fourth-order valence-corrected chi connectivity index (χ4v) is 2.01. The Kier molecular flexibility index (Phi) is 4.73. The van der Waals surface area contributed by atoms with E-state index in [0.717, 1.165) is 13.0 Å². The molecule has 16 heavy (non-hydrogen) atoms. The molecule has 0 saturated carbocycles. The Morgan fingerprint density at radius 3 is 2.75 bits per heavy atom. The summed E-state index contributed by atoms with van der Waals surface area (Å²) in [7, 11) is 0. The molecule has 1 fully saturated rings. The highest BCUT2D eigenvalue weighted by molar-refractivity contribution is 5.77. The lowest BCUT2D eigenvalue weighted by molar-refractivity contribution is -0.142. The second kappa shape index (κ2) is 5.84. The molecule has 5 heteroatoms. The van der Waals surface area contributed by atoms with Crippen molar-refractivity contribution in [3.8, 4) is 0 Å². The quantitative estimate of drug-likeness (QED) is 0.717. The van der Waals surface area contributed by atoms with E-state index < -0.39 is 12.0 Å². The van der Waals surface area contributed by atoms with Crippen LogP contribution in [0.15, 0.2) is 0 Å². The van der Waals surface area contributed by atoms with E-state index in [1.165, 1.54) is 0 Å². The third-order valence-electron chi connectivity index (χ3n) is 2.72. The summed E-state index contributed by atoms with van der Waals surface area (Å²) in [5.41, 5.74) is 0. The zero-order valence-corrected chi connectivity index (χ0v) is 9.90. The summed E-state index contributed by atoms with van der Waals surface area (Å²) >= 11 is 0. The molecule has 1 aliphatic heterocycles. The molecule has 1 unspecified atom stereocenters. The lowest BCUT2D eigenvalue weighted by atomic mass is 10.2. The van der Waals surface area contributed by atoms with Crippen LogP contribution in [0.4, 0.5) is 0 Å². The Hall–Kier alpha value is -1.10. The summed E-state index contributed by atoms with van der Waals surface area (Å²) in [4.78, 5) is 24.2. The van der Waals surface area contributed by atoms with Crippen molar-refractivity contribution < 1.29 is 14.7 Å². The van der Waals surface area contributed by atoms with Gasteiger partial charge in [-0.1, -0.05) is 0 Å². The third-order valence-corrected chi connectivity index (χ3v) is 2.72. The molecule has 1 heterocycles. The van der Waals surface area contributed by atoms with Crippen LogP contribution in [0.2, 0.25) is 0 Å². The van der Waals surface area contributed by atoms with Gasteiger partial charge in [-0.05, 0) is 33.2 Å². The molecule has 0 aromatic rings. The first-order valence-electron chi connectivity index (χ1n) is 5.77. The molecule has 0 aromatic heterocycles. The lowest BCUT2D eigenvalue weighted by Gasteiger charge is -2.20. The van der Waals surface area contributed by atoms with Crippen LogP contribution in [-0.4, -0.2) is 47.1 Å². The van der Waals surface area contributed by atoms with Crippen molar-refractivity contribution in [1.82, 2.24) is 10.2 Å². The molecule has 0 bridgehead atoms. The van der Waals surface area contributed by atoms with Gasteiger partial charge in [-0.2, -0.15) is 0 Å². The maximum atomic E-state index is 11.4. The van der Waals surface area contributed by atoms with Gasteiger partial charge in [0, 0.05) is 19.0 Å². The van der Waals surface area contributed by atoms with Crippen LogP contribution in [0.3, 0.4) is 0 Å². The number of carboxylic acid groups (broad SMARTS) is 1. The minimum Gasteiger partial charge on any atom is -0.480 e. The van der Waals surface area contributed by atoms with Crippen LogP contribution < -0.4 is 5.32 Å². The first-order chi connectivity index (χ1) is 7.50. The van der Waals surface area contributed by atoms with Crippen LogP contribution in [0.1, 0.15) is 33.1 Å². The highest BCUT2D eigenvalue weighted by Crippen LogP contribution is 2.17. The number of carbonyl (C=O) groups is 2. The van der Waals surface area contributed by atoms with Gasteiger partial charge in [-0.15, -0.1) is 0 Å². The monoisotopic (exact) mass is 228 g/mol. The SMILES string of the molecule is CC(C)NC(=O)CCN1CCCC1C(=O)O. The molecule has 1 amide bonds. The Morgan fingerprint density at radius 1 is 1.50 bits per heavy atom. The summed E-state index contributed by atoms with van der Waals surface area (Å²) in [6.45, 7) is 5.14. The highest BCUT2D eigenvalue weighted by atomic mass is 16.4. The normalized spacial score (nSPS) is 21.3. The number of carbonyl (C=O) groups excluding carboxylic acids is 1.